The maximum absolute atomic E-state index is 5.29. The second-order valence-electron chi connectivity index (χ2n) is 3.27. The molecule has 2 aromatic rings. The highest BCUT2D eigenvalue weighted by Gasteiger charge is 2.09. The first-order chi connectivity index (χ1) is 8.24. The molecule has 0 aliphatic heterocycles. The van der Waals surface area contributed by atoms with Crippen molar-refractivity contribution in [1.29, 1.82) is 0 Å². The maximum atomic E-state index is 5.29. The van der Waals surface area contributed by atoms with Crippen LogP contribution in [0.1, 0.15) is 12.7 Å². The van der Waals surface area contributed by atoms with Crippen molar-refractivity contribution in [2.24, 2.45) is 0 Å². The van der Waals surface area contributed by atoms with E-state index in [1.54, 1.807) is 24.0 Å². The van der Waals surface area contributed by atoms with Gasteiger partial charge in [-0.3, -0.25) is 4.57 Å². The van der Waals surface area contributed by atoms with Crippen LogP contribution in [0.2, 0.25) is 0 Å². The van der Waals surface area contributed by atoms with E-state index in [0.717, 1.165) is 5.82 Å². The van der Waals surface area contributed by atoms with Gasteiger partial charge in [-0.15, -0.1) is 0 Å². The summed E-state index contributed by atoms with van der Waals surface area (Å²) in [6.45, 7) is 4.27. The standard InChI is InChI=1S/C10H14N6O/c1-4-17-10-14-8(11-3)13-9(15-10)16-6-5-12-7(16)2/h5-6H,4H2,1-3H3,(H,11,13,14,15). The predicted molar refractivity (Wildman–Crippen MR) is 62.4 cm³/mol. The lowest BCUT2D eigenvalue weighted by molar-refractivity contribution is 0.311. The van der Waals surface area contributed by atoms with Gasteiger partial charge in [-0.1, -0.05) is 0 Å². The first kappa shape index (κ1) is 11.3. The lowest BCUT2D eigenvalue weighted by Gasteiger charge is -2.07. The summed E-state index contributed by atoms with van der Waals surface area (Å²) in [5, 5.41) is 2.87. The van der Waals surface area contributed by atoms with Crippen LogP contribution in [0.25, 0.3) is 5.95 Å². The number of rotatable bonds is 4. The van der Waals surface area contributed by atoms with Crippen LogP contribution >= 0.6 is 0 Å². The van der Waals surface area contributed by atoms with E-state index in [9.17, 15) is 0 Å². The molecule has 0 amide bonds. The van der Waals surface area contributed by atoms with Gasteiger partial charge in [0, 0.05) is 19.4 Å². The lowest BCUT2D eigenvalue weighted by Crippen LogP contribution is -2.09. The average molecular weight is 234 g/mol. The molecule has 0 saturated carbocycles. The summed E-state index contributed by atoms with van der Waals surface area (Å²) in [4.78, 5) is 16.7. The van der Waals surface area contributed by atoms with Crippen molar-refractivity contribution in [2.45, 2.75) is 13.8 Å². The molecule has 0 aliphatic rings. The molecule has 0 atom stereocenters. The quantitative estimate of drug-likeness (QED) is 0.843. The second kappa shape index (κ2) is 4.77. The number of ether oxygens (including phenoxy) is 1. The van der Waals surface area contributed by atoms with Crippen molar-refractivity contribution in [3.05, 3.63) is 18.2 Å². The Bertz CT molecular complexity index is 509. The van der Waals surface area contributed by atoms with E-state index >= 15 is 0 Å². The highest BCUT2D eigenvalue weighted by atomic mass is 16.5. The van der Waals surface area contributed by atoms with Crippen molar-refractivity contribution in [3.63, 3.8) is 0 Å². The van der Waals surface area contributed by atoms with E-state index in [0.29, 0.717) is 24.5 Å². The molecule has 0 fully saturated rings. The van der Waals surface area contributed by atoms with Gasteiger partial charge in [-0.05, 0) is 13.8 Å². The third kappa shape index (κ3) is 2.32. The zero-order valence-electron chi connectivity index (χ0n) is 10.0. The molecule has 0 unspecified atom stereocenters. The molecule has 7 heteroatoms. The molecule has 7 nitrogen and oxygen atoms in total. The van der Waals surface area contributed by atoms with Gasteiger partial charge in [0.25, 0.3) is 0 Å². The minimum atomic E-state index is 0.301. The number of imidazole rings is 1. The Labute approximate surface area is 98.9 Å². The fraction of sp³-hybridized carbons (Fsp3) is 0.400. The average Bonchev–Trinajstić information content (AvgIpc) is 2.75. The monoisotopic (exact) mass is 234 g/mol. The first-order valence-corrected chi connectivity index (χ1v) is 5.31. The Hall–Kier alpha value is -2.18. The van der Waals surface area contributed by atoms with Crippen molar-refractivity contribution in [2.75, 3.05) is 19.0 Å². The Morgan fingerprint density at radius 1 is 1.35 bits per heavy atom. The van der Waals surface area contributed by atoms with Crippen molar-refractivity contribution in [1.82, 2.24) is 24.5 Å². The lowest BCUT2D eigenvalue weighted by atomic mass is 10.7. The molecule has 2 aromatic heterocycles. The van der Waals surface area contributed by atoms with Gasteiger partial charge >= 0.3 is 6.01 Å². The Kier molecular flexibility index (Phi) is 3.17. The summed E-state index contributed by atoms with van der Waals surface area (Å²) in [7, 11) is 1.75. The van der Waals surface area contributed by atoms with Crippen molar-refractivity contribution in [3.8, 4) is 12.0 Å². The first-order valence-electron chi connectivity index (χ1n) is 5.31. The summed E-state index contributed by atoms with van der Waals surface area (Å²) < 4.78 is 7.06. The summed E-state index contributed by atoms with van der Waals surface area (Å²) in [6.07, 6.45) is 3.48. The third-order valence-electron chi connectivity index (χ3n) is 2.14. The summed E-state index contributed by atoms with van der Waals surface area (Å²) in [5.41, 5.74) is 0. The van der Waals surface area contributed by atoms with Crippen LogP contribution in [0.4, 0.5) is 5.95 Å². The molecule has 0 aliphatic carbocycles. The molecule has 2 rings (SSSR count). The topological polar surface area (TPSA) is 77.8 Å². The molecule has 0 radical (unpaired) electrons. The molecule has 17 heavy (non-hydrogen) atoms. The second-order valence-corrected chi connectivity index (χ2v) is 3.27. The van der Waals surface area contributed by atoms with Gasteiger partial charge in [0.05, 0.1) is 6.61 Å². The third-order valence-corrected chi connectivity index (χ3v) is 2.14. The van der Waals surface area contributed by atoms with Crippen molar-refractivity contribution < 1.29 is 4.74 Å². The summed E-state index contributed by atoms with van der Waals surface area (Å²) in [6, 6.07) is 0.301. The highest BCUT2D eigenvalue weighted by molar-refractivity contribution is 5.30. The van der Waals surface area contributed by atoms with Gasteiger partial charge < -0.3 is 10.1 Å². The fourth-order valence-electron chi connectivity index (χ4n) is 1.35. The van der Waals surface area contributed by atoms with Gasteiger partial charge in [-0.2, -0.15) is 15.0 Å². The number of hydrogen-bond donors (Lipinski definition) is 1. The molecule has 0 aromatic carbocycles. The number of aryl methyl sites for hydroxylation is 1. The van der Waals surface area contributed by atoms with Crippen LogP contribution < -0.4 is 10.1 Å². The molecule has 0 saturated heterocycles. The van der Waals surface area contributed by atoms with Crippen LogP contribution in [0.3, 0.4) is 0 Å². The largest absolute Gasteiger partial charge is 0.464 e. The van der Waals surface area contributed by atoms with Crippen LogP contribution in [0.5, 0.6) is 6.01 Å². The Morgan fingerprint density at radius 2 is 2.18 bits per heavy atom. The number of hydrogen-bond acceptors (Lipinski definition) is 6. The van der Waals surface area contributed by atoms with E-state index in [1.807, 2.05) is 13.8 Å². The molecular weight excluding hydrogens is 220 g/mol. The van der Waals surface area contributed by atoms with E-state index in [4.69, 9.17) is 4.74 Å². The maximum Gasteiger partial charge on any atom is 0.323 e. The molecule has 0 spiro atoms. The number of nitrogens with one attached hydrogen (secondary N) is 1. The molecule has 1 N–H and O–H groups in total. The smallest absolute Gasteiger partial charge is 0.323 e. The number of aromatic nitrogens is 5. The summed E-state index contributed by atoms with van der Waals surface area (Å²) in [5.74, 6) is 1.76. The zero-order chi connectivity index (χ0) is 12.3. The van der Waals surface area contributed by atoms with Crippen molar-refractivity contribution >= 4 is 5.95 Å². The predicted octanol–water partition coefficient (Wildman–Crippen LogP) is 0.806. The van der Waals surface area contributed by atoms with E-state index in [2.05, 4.69) is 25.3 Å². The SMILES string of the molecule is CCOc1nc(NC)nc(-n2ccnc2C)n1. The van der Waals surface area contributed by atoms with E-state index in [1.165, 1.54) is 0 Å². The Morgan fingerprint density at radius 3 is 2.76 bits per heavy atom. The Balaban J connectivity index is 2.46. The van der Waals surface area contributed by atoms with Crippen LogP contribution in [-0.2, 0) is 0 Å². The molecule has 90 valence electrons. The van der Waals surface area contributed by atoms with Gasteiger partial charge in [0.1, 0.15) is 5.82 Å². The minimum absolute atomic E-state index is 0.301. The zero-order valence-corrected chi connectivity index (χ0v) is 10.0. The van der Waals surface area contributed by atoms with E-state index < -0.39 is 0 Å². The van der Waals surface area contributed by atoms with Crippen LogP contribution in [-0.4, -0.2) is 38.2 Å². The summed E-state index contributed by atoms with van der Waals surface area (Å²) >= 11 is 0. The van der Waals surface area contributed by atoms with Gasteiger partial charge in [0.15, 0.2) is 0 Å². The molecular formula is C10H14N6O. The normalized spacial score (nSPS) is 10.3. The minimum Gasteiger partial charge on any atom is -0.464 e. The van der Waals surface area contributed by atoms with Gasteiger partial charge in [0.2, 0.25) is 11.9 Å². The molecule has 2 heterocycles. The fourth-order valence-corrected chi connectivity index (χ4v) is 1.35. The highest BCUT2D eigenvalue weighted by Crippen LogP contribution is 2.11. The number of nitrogens with zero attached hydrogens (tertiary/aromatic N) is 5. The van der Waals surface area contributed by atoms with Crippen LogP contribution in [0, 0.1) is 6.92 Å². The van der Waals surface area contributed by atoms with Crippen LogP contribution in [0.15, 0.2) is 12.4 Å². The molecule has 0 bridgehead atoms. The van der Waals surface area contributed by atoms with E-state index in [-0.39, 0.29) is 0 Å². The van der Waals surface area contributed by atoms with Gasteiger partial charge in [-0.25, -0.2) is 4.98 Å². The number of anilines is 1.